The molecule has 0 saturated heterocycles. The van der Waals surface area contributed by atoms with Crippen LogP contribution in [0.2, 0.25) is 0 Å². The molecule has 27 heavy (non-hydrogen) atoms. The van der Waals surface area contributed by atoms with Gasteiger partial charge in [0, 0.05) is 0 Å². The summed E-state index contributed by atoms with van der Waals surface area (Å²) in [7, 11) is 0. The lowest BCUT2D eigenvalue weighted by molar-refractivity contribution is -0.119. The quantitative estimate of drug-likeness (QED) is 0.605. The van der Waals surface area contributed by atoms with Crippen molar-refractivity contribution in [2.75, 3.05) is 5.75 Å². The van der Waals surface area contributed by atoms with Gasteiger partial charge in [0.1, 0.15) is 0 Å². The van der Waals surface area contributed by atoms with Crippen LogP contribution in [0.3, 0.4) is 0 Å². The van der Waals surface area contributed by atoms with Crippen molar-refractivity contribution < 1.29 is 4.79 Å². The minimum atomic E-state index is -0.00676. The zero-order valence-electron chi connectivity index (χ0n) is 15.2. The summed E-state index contributed by atoms with van der Waals surface area (Å²) in [5.74, 6) is 1.04. The monoisotopic (exact) mass is 398 g/mol. The molecule has 0 aliphatic heterocycles. The summed E-state index contributed by atoms with van der Waals surface area (Å²) in [6.45, 7) is 2.04. The molecule has 1 aliphatic rings. The number of nitrogens with zero attached hydrogens (tertiary/aromatic N) is 2. The summed E-state index contributed by atoms with van der Waals surface area (Å²) >= 11 is 2.95. The van der Waals surface area contributed by atoms with Crippen LogP contribution in [0.1, 0.15) is 42.5 Å². The Morgan fingerprint density at radius 2 is 2.15 bits per heavy atom. The number of thioether (sulfide) groups is 1. The second-order valence-corrected chi connectivity index (χ2v) is 8.65. The third kappa shape index (κ3) is 4.42. The summed E-state index contributed by atoms with van der Waals surface area (Å²) in [5, 5.41) is 12.8. The van der Waals surface area contributed by atoms with Crippen LogP contribution < -0.4 is 5.32 Å². The summed E-state index contributed by atoms with van der Waals surface area (Å²) in [4.78, 5) is 17.8. The van der Waals surface area contributed by atoms with Gasteiger partial charge in [-0.3, -0.25) is 9.89 Å². The molecule has 1 amide bonds. The lowest BCUT2D eigenvalue weighted by Crippen LogP contribution is -2.28. The molecule has 3 aromatic rings. The highest BCUT2D eigenvalue weighted by atomic mass is 32.2. The van der Waals surface area contributed by atoms with E-state index in [4.69, 9.17) is 0 Å². The molecule has 7 heteroatoms. The molecule has 1 atom stereocenters. The Morgan fingerprint density at radius 1 is 1.30 bits per heavy atom. The molecule has 0 bridgehead atoms. The zero-order valence-corrected chi connectivity index (χ0v) is 16.8. The second-order valence-electron chi connectivity index (χ2n) is 6.76. The lowest BCUT2D eigenvalue weighted by Gasteiger charge is -2.20. The number of H-pyrrole nitrogens is 1. The van der Waals surface area contributed by atoms with Crippen LogP contribution in [0.4, 0.5) is 0 Å². The Kier molecular flexibility index (Phi) is 5.59. The molecule has 4 rings (SSSR count). The van der Waals surface area contributed by atoms with Gasteiger partial charge in [-0.15, -0.1) is 16.4 Å². The van der Waals surface area contributed by atoms with Gasteiger partial charge in [0.05, 0.1) is 16.7 Å². The molecule has 0 fully saturated rings. The summed E-state index contributed by atoms with van der Waals surface area (Å²) in [6, 6.07) is 10.6. The highest BCUT2D eigenvalue weighted by Gasteiger charge is 2.15. The van der Waals surface area contributed by atoms with Crippen LogP contribution in [0.25, 0.3) is 10.7 Å². The number of benzene rings is 1. The fourth-order valence-electron chi connectivity index (χ4n) is 3.35. The van der Waals surface area contributed by atoms with Crippen LogP contribution >= 0.6 is 23.1 Å². The van der Waals surface area contributed by atoms with E-state index in [1.54, 1.807) is 11.3 Å². The molecule has 1 unspecified atom stereocenters. The normalized spacial score (nSPS) is 14.6. The summed E-state index contributed by atoms with van der Waals surface area (Å²) in [6.07, 6.45) is 4.87. The molecule has 0 radical (unpaired) electrons. The van der Waals surface area contributed by atoms with Crippen molar-refractivity contribution in [3.8, 4) is 10.7 Å². The van der Waals surface area contributed by atoms with Crippen molar-refractivity contribution in [2.24, 2.45) is 0 Å². The van der Waals surface area contributed by atoms with Crippen molar-refractivity contribution in [1.82, 2.24) is 20.5 Å². The van der Waals surface area contributed by atoms with Gasteiger partial charge in [-0.05, 0) is 60.7 Å². The highest BCUT2D eigenvalue weighted by Crippen LogP contribution is 2.25. The number of fused-ring (bicyclic) bond motifs is 1. The smallest absolute Gasteiger partial charge is 0.230 e. The maximum Gasteiger partial charge on any atom is 0.230 e. The number of carbonyl (C=O) groups excluding carboxylic acids is 1. The second kappa shape index (κ2) is 8.27. The number of hydrogen-bond donors (Lipinski definition) is 2. The van der Waals surface area contributed by atoms with Crippen LogP contribution in [0.15, 0.2) is 40.9 Å². The van der Waals surface area contributed by atoms with E-state index in [0.29, 0.717) is 10.9 Å². The largest absolute Gasteiger partial charge is 0.349 e. The van der Waals surface area contributed by atoms with Crippen LogP contribution in [-0.2, 0) is 17.6 Å². The summed E-state index contributed by atoms with van der Waals surface area (Å²) < 4.78 is 0. The first-order valence-electron chi connectivity index (χ1n) is 9.19. The first kappa shape index (κ1) is 18.3. The third-order valence-corrected chi connectivity index (χ3v) is 6.53. The Morgan fingerprint density at radius 3 is 2.96 bits per heavy atom. The average Bonchev–Trinajstić information content (AvgIpc) is 3.37. The van der Waals surface area contributed by atoms with E-state index in [1.807, 2.05) is 24.4 Å². The van der Waals surface area contributed by atoms with Crippen molar-refractivity contribution in [3.63, 3.8) is 0 Å². The number of carbonyl (C=O) groups is 1. The number of amides is 1. The summed E-state index contributed by atoms with van der Waals surface area (Å²) in [5.41, 5.74) is 4.08. The number of aromatic nitrogens is 3. The van der Waals surface area contributed by atoms with Crippen LogP contribution in [0.5, 0.6) is 0 Å². The minimum Gasteiger partial charge on any atom is -0.349 e. The number of aromatic amines is 1. The Balaban J connectivity index is 1.31. The van der Waals surface area contributed by atoms with Crippen molar-refractivity contribution >= 4 is 29.0 Å². The van der Waals surface area contributed by atoms with Gasteiger partial charge in [0.2, 0.25) is 11.1 Å². The molecule has 2 aromatic heterocycles. The van der Waals surface area contributed by atoms with E-state index < -0.39 is 0 Å². The van der Waals surface area contributed by atoms with E-state index in [2.05, 4.69) is 38.7 Å². The van der Waals surface area contributed by atoms with Crippen LogP contribution in [-0.4, -0.2) is 26.8 Å². The Hall–Kier alpha value is -2.12. The molecule has 5 nitrogen and oxygen atoms in total. The molecule has 1 aromatic carbocycles. The van der Waals surface area contributed by atoms with E-state index in [1.165, 1.54) is 47.7 Å². The lowest BCUT2D eigenvalue weighted by atomic mass is 9.89. The first-order chi connectivity index (χ1) is 13.2. The van der Waals surface area contributed by atoms with E-state index in [0.717, 1.165) is 17.1 Å². The number of aryl methyl sites for hydroxylation is 2. The number of hydrogen-bond acceptors (Lipinski definition) is 5. The van der Waals surface area contributed by atoms with Gasteiger partial charge in [-0.2, -0.15) is 0 Å². The molecular formula is C20H22N4OS2. The van der Waals surface area contributed by atoms with Gasteiger partial charge in [0.25, 0.3) is 0 Å². The SMILES string of the molecule is CC(NC(=O)CSc1n[nH]c(-c2cccs2)n1)c1ccc2c(c1)CCCC2. The van der Waals surface area contributed by atoms with E-state index in [-0.39, 0.29) is 11.9 Å². The van der Waals surface area contributed by atoms with Gasteiger partial charge < -0.3 is 5.32 Å². The Labute approximate surface area is 167 Å². The predicted octanol–water partition coefficient (Wildman–Crippen LogP) is 4.38. The molecule has 140 valence electrons. The number of thiophene rings is 1. The van der Waals surface area contributed by atoms with Gasteiger partial charge in [-0.1, -0.05) is 36.0 Å². The maximum atomic E-state index is 12.3. The number of nitrogens with one attached hydrogen (secondary N) is 2. The molecule has 2 heterocycles. The van der Waals surface area contributed by atoms with Crippen molar-refractivity contribution in [3.05, 3.63) is 52.4 Å². The topological polar surface area (TPSA) is 70.7 Å². The molecule has 1 aliphatic carbocycles. The fraction of sp³-hybridized carbons (Fsp3) is 0.350. The van der Waals surface area contributed by atoms with Gasteiger partial charge in [0.15, 0.2) is 5.82 Å². The first-order valence-corrected chi connectivity index (χ1v) is 11.1. The van der Waals surface area contributed by atoms with Crippen LogP contribution in [0, 0.1) is 0 Å². The molecule has 2 N–H and O–H groups in total. The van der Waals surface area contributed by atoms with Gasteiger partial charge >= 0.3 is 0 Å². The minimum absolute atomic E-state index is 0.000788. The van der Waals surface area contributed by atoms with E-state index >= 15 is 0 Å². The molecule has 0 spiro atoms. The third-order valence-electron chi connectivity index (χ3n) is 4.80. The molecular weight excluding hydrogens is 376 g/mol. The van der Waals surface area contributed by atoms with Crippen molar-refractivity contribution in [2.45, 2.75) is 43.8 Å². The number of rotatable bonds is 6. The highest BCUT2D eigenvalue weighted by molar-refractivity contribution is 7.99. The fourth-order valence-corrected chi connectivity index (χ4v) is 4.63. The average molecular weight is 399 g/mol. The molecule has 0 saturated carbocycles. The zero-order chi connectivity index (χ0) is 18.6. The standard InChI is InChI=1S/C20H22N4OS2/c1-13(15-9-8-14-5-2-3-6-16(14)11-15)21-18(25)12-27-20-22-19(23-24-20)17-7-4-10-26-17/h4,7-11,13H,2-3,5-6,12H2,1H3,(H,21,25)(H,22,23,24). The maximum absolute atomic E-state index is 12.3. The van der Waals surface area contributed by atoms with E-state index in [9.17, 15) is 4.79 Å². The Bertz CT molecular complexity index is 920. The predicted molar refractivity (Wildman–Crippen MR) is 110 cm³/mol. The van der Waals surface area contributed by atoms with Gasteiger partial charge in [-0.25, -0.2) is 4.98 Å². The van der Waals surface area contributed by atoms with Crippen molar-refractivity contribution in [1.29, 1.82) is 0 Å².